The van der Waals surface area contributed by atoms with Gasteiger partial charge in [-0.3, -0.25) is 0 Å². The number of halogens is 1. The van der Waals surface area contributed by atoms with Gasteiger partial charge in [0.05, 0.1) is 10.7 Å². The molecule has 0 fully saturated rings. The molecule has 0 aromatic heterocycles. The molecule has 1 rings (SSSR count). The van der Waals surface area contributed by atoms with E-state index in [9.17, 15) is 0 Å². The van der Waals surface area contributed by atoms with Crippen LogP contribution in [0.25, 0.3) is 0 Å². The maximum absolute atomic E-state index is 6.09. The molecule has 2 nitrogen and oxygen atoms in total. The Bertz CT molecular complexity index is 337. The molecule has 1 aromatic carbocycles. The van der Waals surface area contributed by atoms with Gasteiger partial charge in [-0.15, -0.1) is 0 Å². The fourth-order valence-electron chi connectivity index (χ4n) is 1.57. The highest BCUT2D eigenvalue weighted by atomic mass is 35.5. The zero-order valence-electron chi connectivity index (χ0n) is 10.3. The lowest BCUT2D eigenvalue weighted by Crippen LogP contribution is -2.16. The van der Waals surface area contributed by atoms with Crippen LogP contribution in [0.3, 0.4) is 0 Å². The molecule has 0 aliphatic heterocycles. The summed E-state index contributed by atoms with van der Waals surface area (Å²) < 4.78 is 0. The Morgan fingerprint density at radius 3 is 2.50 bits per heavy atom. The van der Waals surface area contributed by atoms with E-state index in [4.69, 9.17) is 17.3 Å². The van der Waals surface area contributed by atoms with Crippen LogP contribution in [-0.4, -0.2) is 6.04 Å². The van der Waals surface area contributed by atoms with E-state index in [0.29, 0.717) is 16.8 Å². The second kappa shape index (κ2) is 6.00. The van der Waals surface area contributed by atoms with E-state index in [1.807, 2.05) is 12.1 Å². The average Bonchev–Trinajstić information content (AvgIpc) is 2.19. The zero-order valence-corrected chi connectivity index (χ0v) is 11.0. The summed E-state index contributed by atoms with van der Waals surface area (Å²) in [6, 6.07) is 6.01. The van der Waals surface area contributed by atoms with Gasteiger partial charge in [-0.2, -0.15) is 0 Å². The van der Waals surface area contributed by atoms with Gasteiger partial charge in [-0.1, -0.05) is 25.4 Å². The van der Waals surface area contributed by atoms with Gasteiger partial charge in [0.25, 0.3) is 0 Å². The Labute approximate surface area is 103 Å². The second-order valence-electron chi connectivity index (χ2n) is 4.76. The van der Waals surface area contributed by atoms with Crippen molar-refractivity contribution < 1.29 is 0 Å². The molecule has 1 aromatic rings. The van der Waals surface area contributed by atoms with Gasteiger partial charge in [0.2, 0.25) is 0 Å². The van der Waals surface area contributed by atoms with Crippen molar-refractivity contribution >= 4 is 23.0 Å². The van der Waals surface area contributed by atoms with Crippen molar-refractivity contribution in [1.82, 2.24) is 0 Å². The van der Waals surface area contributed by atoms with Gasteiger partial charge >= 0.3 is 0 Å². The van der Waals surface area contributed by atoms with E-state index < -0.39 is 0 Å². The standard InChI is InChI=1S/C13H21ClN2/c1-9(2)4-5-10(3)16-13-7-6-11(15)8-12(13)14/h6-10,16H,4-5,15H2,1-3H3. The number of nitrogens with two attached hydrogens (primary N) is 1. The van der Waals surface area contributed by atoms with E-state index in [2.05, 4.69) is 26.1 Å². The SMILES string of the molecule is CC(C)CCC(C)Nc1ccc(N)cc1Cl. The summed E-state index contributed by atoms with van der Waals surface area (Å²) in [6.07, 6.45) is 2.37. The van der Waals surface area contributed by atoms with E-state index in [0.717, 1.165) is 18.0 Å². The van der Waals surface area contributed by atoms with Gasteiger partial charge in [-0.25, -0.2) is 0 Å². The number of benzene rings is 1. The lowest BCUT2D eigenvalue weighted by molar-refractivity contribution is 0.528. The van der Waals surface area contributed by atoms with Crippen LogP contribution in [0.15, 0.2) is 18.2 Å². The number of nitrogen functional groups attached to an aromatic ring is 1. The maximum atomic E-state index is 6.09. The van der Waals surface area contributed by atoms with Crippen molar-refractivity contribution in [3.8, 4) is 0 Å². The van der Waals surface area contributed by atoms with Crippen LogP contribution >= 0.6 is 11.6 Å². The summed E-state index contributed by atoms with van der Waals surface area (Å²) in [7, 11) is 0. The first-order valence-electron chi connectivity index (χ1n) is 5.80. The Hall–Kier alpha value is -0.890. The Morgan fingerprint density at radius 1 is 1.25 bits per heavy atom. The van der Waals surface area contributed by atoms with Crippen molar-refractivity contribution in [1.29, 1.82) is 0 Å². The molecule has 0 spiro atoms. The molecule has 0 heterocycles. The molecule has 16 heavy (non-hydrogen) atoms. The molecule has 0 saturated heterocycles. The quantitative estimate of drug-likeness (QED) is 0.759. The molecular weight excluding hydrogens is 220 g/mol. The van der Waals surface area contributed by atoms with Crippen LogP contribution < -0.4 is 11.1 Å². The number of hydrogen-bond donors (Lipinski definition) is 2. The molecule has 0 saturated carbocycles. The molecule has 0 aliphatic carbocycles. The van der Waals surface area contributed by atoms with Crippen LogP contribution in [0.2, 0.25) is 5.02 Å². The molecule has 1 unspecified atom stereocenters. The third-order valence-electron chi connectivity index (χ3n) is 2.57. The van der Waals surface area contributed by atoms with E-state index >= 15 is 0 Å². The maximum Gasteiger partial charge on any atom is 0.0658 e. The van der Waals surface area contributed by atoms with Crippen LogP contribution in [0, 0.1) is 5.92 Å². The molecular formula is C13H21ClN2. The van der Waals surface area contributed by atoms with Crippen LogP contribution in [0.1, 0.15) is 33.6 Å². The number of hydrogen-bond acceptors (Lipinski definition) is 2. The molecule has 0 radical (unpaired) electrons. The monoisotopic (exact) mass is 240 g/mol. The fourth-order valence-corrected chi connectivity index (χ4v) is 1.81. The molecule has 0 amide bonds. The smallest absolute Gasteiger partial charge is 0.0658 e. The van der Waals surface area contributed by atoms with Crippen molar-refractivity contribution in [3.63, 3.8) is 0 Å². The normalized spacial score (nSPS) is 12.8. The number of nitrogens with one attached hydrogen (secondary N) is 1. The minimum absolute atomic E-state index is 0.434. The first kappa shape index (κ1) is 13.2. The van der Waals surface area contributed by atoms with Crippen LogP contribution in [-0.2, 0) is 0 Å². The first-order chi connectivity index (χ1) is 7.49. The Kier molecular flexibility index (Phi) is 4.94. The lowest BCUT2D eigenvalue weighted by Gasteiger charge is -2.17. The first-order valence-corrected chi connectivity index (χ1v) is 6.18. The topological polar surface area (TPSA) is 38.0 Å². The van der Waals surface area contributed by atoms with Crippen molar-refractivity contribution in [2.24, 2.45) is 5.92 Å². The summed E-state index contributed by atoms with van der Waals surface area (Å²) in [5.41, 5.74) is 7.31. The largest absolute Gasteiger partial charge is 0.399 e. The van der Waals surface area contributed by atoms with Crippen molar-refractivity contribution in [2.45, 2.75) is 39.7 Å². The summed E-state index contributed by atoms with van der Waals surface area (Å²) in [6.45, 7) is 6.65. The highest BCUT2D eigenvalue weighted by Gasteiger charge is 2.06. The molecule has 3 heteroatoms. The zero-order chi connectivity index (χ0) is 12.1. The van der Waals surface area contributed by atoms with Crippen LogP contribution in [0.4, 0.5) is 11.4 Å². The average molecular weight is 241 g/mol. The minimum Gasteiger partial charge on any atom is -0.399 e. The van der Waals surface area contributed by atoms with Crippen molar-refractivity contribution in [2.75, 3.05) is 11.1 Å². The Balaban J connectivity index is 2.52. The fraction of sp³-hybridized carbons (Fsp3) is 0.538. The molecule has 0 aliphatic rings. The summed E-state index contributed by atoms with van der Waals surface area (Å²) in [5, 5.41) is 4.10. The molecule has 0 bridgehead atoms. The summed E-state index contributed by atoms with van der Waals surface area (Å²) in [5.74, 6) is 0.742. The third kappa shape index (κ3) is 4.31. The highest BCUT2D eigenvalue weighted by molar-refractivity contribution is 6.33. The lowest BCUT2D eigenvalue weighted by atomic mass is 10.0. The Morgan fingerprint density at radius 2 is 1.94 bits per heavy atom. The van der Waals surface area contributed by atoms with Crippen LogP contribution in [0.5, 0.6) is 0 Å². The molecule has 90 valence electrons. The minimum atomic E-state index is 0.434. The molecule has 1 atom stereocenters. The van der Waals surface area contributed by atoms with Gasteiger partial charge < -0.3 is 11.1 Å². The van der Waals surface area contributed by atoms with E-state index in [1.165, 1.54) is 6.42 Å². The number of rotatable bonds is 5. The number of anilines is 2. The van der Waals surface area contributed by atoms with E-state index in [1.54, 1.807) is 6.07 Å². The molecule has 3 N–H and O–H groups in total. The van der Waals surface area contributed by atoms with Gasteiger partial charge in [0.1, 0.15) is 0 Å². The van der Waals surface area contributed by atoms with Gasteiger partial charge in [0.15, 0.2) is 0 Å². The van der Waals surface area contributed by atoms with Crippen molar-refractivity contribution in [3.05, 3.63) is 23.2 Å². The van der Waals surface area contributed by atoms with Gasteiger partial charge in [-0.05, 0) is 43.9 Å². The third-order valence-corrected chi connectivity index (χ3v) is 2.88. The van der Waals surface area contributed by atoms with E-state index in [-0.39, 0.29) is 0 Å². The highest BCUT2D eigenvalue weighted by Crippen LogP contribution is 2.25. The predicted molar refractivity (Wildman–Crippen MR) is 73.0 cm³/mol. The summed E-state index contributed by atoms with van der Waals surface area (Å²) >= 11 is 6.09. The van der Waals surface area contributed by atoms with Gasteiger partial charge in [0, 0.05) is 11.7 Å². The second-order valence-corrected chi connectivity index (χ2v) is 5.16. The summed E-state index contributed by atoms with van der Waals surface area (Å²) in [4.78, 5) is 0. The predicted octanol–water partition coefficient (Wildman–Crippen LogP) is 4.16.